The number of morpholine rings is 2. The molecule has 65 heavy (non-hydrogen) atoms. The Hall–Kier alpha value is -6.62. The molecular formula is C43H58N16O6. The summed E-state index contributed by atoms with van der Waals surface area (Å²) in [4.78, 5) is 65.6. The molecule has 4 aliphatic heterocycles. The van der Waals surface area contributed by atoms with E-state index < -0.39 is 11.8 Å². The van der Waals surface area contributed by atoms with E-state index in [0.29, 0.717) is 106 Å². The number of nitrogens with one attached hydrogen (secondary N) is 3. The maximum absolute atomic E-state index is 12.7. The lowest BCUT2D eigenvalue weighted by Crippen LogP contribution is -2.48. The molecule has 4 fully saturated rings. The quantitative estimate of drug-likeness (QED) is 0.117. The van der Waals surface area contributed by atoms with Crippen LogP contribution in [0.4, 0.5) is 34.9 Å². The number of hydrogen-bond acceptors (Lipinski definition) is 18. The van der Waals surface area contributed by atoms with Gasteiger partial charge in [0.25, 0.3) is 23.6 Å². The number of primary amides is 2. The summed E-state index contributed by atoms with van der Waals surface area (Å²) < 4.78 is 10.6. The summed E-state index contributed by atoms with van der Waals surface area (Å²) >= 11 is 0. The molecule has 0 radical (unpaired) electrons. The number of benzene rings is 2. The lowest BCUT2D eigenvalue weighted by molar-refractivity contribution is 0.0301. The Balaban J connectivity index is 0.000000195. The number of nitrogens with zero attached hydrogens (tertiary/aromatic N) is 10. The number of hydrogen-bond donors (Lipinski definition) is 6. The lowest BCUT2D eigenvalue weighted by atomic mass is 10.1. The van der Waals surface area contributed by atoms with Gasteiger partial charge in [-0.05, 0) is 74.2 Å². The predicted molar refractivity (Wildman–Crippen MR) is 243 cm³/mol. The van der Waals surface area contributed by atoms with E-state index in [2.05, 4.69) is 65.1 Å². The summed E-state index contributed by atoms with van der Waals surface area (Å²) in [6.45, 7) is 11.7. The Kier molecular flexibility index (Phi) is 15.6. The summed E-state index contributed by atoms with van der Waals surface area (Å²) in [5.74, 6) is -0.237. The number of anilines is 6. The SMILES string of the molecule is CC(C)N[C@@H]1CCCN(c2nnc(C(N)=O)c(Nc3ccc(C(=O)N4CCOCC4)cc3)n2)C1.NC(=O)c1nnc(N2CCC[C@@H](N)C2)nc1Nc1ccc(C(=O)N2CCOCC2)cc1. The minimum Gasteiger partial charge on any atom is -0.378 e. The molecule has 2 atom stereocenters. The van der Waals surface area contributed by atoms with Crippen molar-refractivity contribution in [3.63, 3.8) is 0 Å². The fourth-order valence-electron chi connectivity index (χ4n) is 7.93. The van der Waals surface area contributed by atoms with Crippen molar-refractivity contribution < 1.29 is 28.7 Å². The third kappa shape index (κ3) is 12.3. The average molecular weight is 895 g/mol. The van der Waals surface area contributed by atoms with Crippen LogP contribution >= 0.6 is 0 Å². The second-order valence-corrected chi connectivity index (χ2v) is 16.5. The highest BCUT2D eigenvalue weighted by Gasteiger charge is 2.26. The van der Waals surface area contributed by atoms with Crippen LogP contribution in [0.1, 0.15) is 81.2 Å². The Bertz CT molecular complexity index is 2270. The number of carbonyl (C=O) groups excluding carboxylic acids is 4. The van der Waals surface area contributed by atoms with Crippen molar-refractivity contribution in [1.29, 1.82) is 0 Å². The van der Waals surface area contributed by atoms with Gasteiger partial charge >= 0.3 is 0 Å². The Labute approximate surface area is 377 Å². The number of ether oxygens (including phenoxy) is 2. The first-order chi connectivity index (χ1) is 31.4. The molecule has 9 N–H and O–H groups in total. The highest BCUT2D eigenvalue weighted by atomic mass is 16.5. The summed E-state index contributed by atoms with van der Waals surface area (Å²) in [6.07, 6.45) is 3.97. The molecule has 4 aromatic rings. The molecule has 8 rings (SSSR count). The van der Waals surface area contributed by atoms with Gasteiger partial charge in [-0.2, -0.15) is 9.97 Å². The molecule has 22 heteroatoms. The van der Waals surface area contributed by atoms with Crippen LogP contribution in [-0.2, 0) is 9.47 Å². The van der Waals surface area contributed by atoms with Gasteiger partial charge in [-0.15, -0.1) is 20.4 Å². The normalized spacial score (nSPS) is 19.0. The van der Waals surface area contributed by atoms with E-state index in [-0.39, 0.29) is 40.9 Å². The van der Waals surface area contributed by atoms with E-state index in [0.717, 1.165) is 45.3 Å². The van der Waals surface area contributed by atoms with Gasteiger partial charge in [-0.3, -0.25) is 19.2 Å². The Morgan fingerprint density at radius 3 is 1.46 bits per heavy atom. The lowest BCUT2D eigenvalue weighted by Gasteiger charge is -2.34. The van der Waals surface area contributed by atoms with Gasteiger partial charge in [0, 0.05) is 93.0 Å². The van der Waals surface area contributed by atoms with Gasteiger partial charge in [0.2, 0.25) is 11.9 Å². The van der Waals surface area contributed by atoms with Crippen molar-refractivity contribution in [2.45, 2.75) is 57.7 Å². The van der Waals surface area contributed by atoms with Crippen molar-refractivity contribution in [3.8, 4) is 0 Å². The molecule has 0 saturated carbocycles. The van der Waals surface area contributed by atoms with E-state index in [1.807, 2.05) is 4.90 Å². The molecule has 0 bridgehead atoms. The molecule has 4 aliphatic rings. The minimum absolute atomic E-state index is 0.0340. The summed E-state index contributed by atoms with van der Waals surface area (Å²) in [7, 11) is 0. The zero-order valence-corrected chi connectivity index (χ0v) is 36.8. The molecule has 4 saturated heterocycles. The molecule has 346 valence electrons. The predicted octanol–water partition coefficient (Wildman–Crippen LogP) is 1.27. The first-order valence-corrected chi connectivity index (χ1v) is 22.0. The third-order valence-electron chi connectivity index (χ3n) is 11.2. The van der Waals surface area contributed by atoms with Gasteiger partial charge < -0.3 is 62.2 Å². The standard InChI is InChI=1S/C23H32N8O3.C20H26N8O3/c1-15(2)25-18-4-3-9-31(14-18)23-27-21(19(20(24)32)28-29-23)26-17-7-5-16(6-8-17)22(33)30-10-12-34-13-11-30;21-14-2-1-7-28(12-14)20-24-18(16(17(22)29)25-26-20)23-15-5-3-13(4-6-15)19(30)27-8-10-31-11-9-27/h5-8,15,18,25H,3-4,9-14H2,1-2H3,(H2,24,32)(H,26,27,29);3-6,14H,1-2,7-12,21H2,(H2,22,29)(H,23,24,26)/t18-;14-/m11/s1. The average Bonchev–Trinajstić information content (AvgIpc) is 3.32. The molecule has 2 aromatic heterocycles. The van der Waals surface area contributed by atoms with Crippen LogP contribution < -0.4 is 43.0 Å². The minimum atomic E-state index is -0.733. The van der Waals surface area contributed by atoms with Crippen molar-refractivity contribution in [2.24, 2.45) is 17.2 Å². The smallest absolute Gasteiger partial charge is 0.273 e. The van der Waals surface area contributed by atoms with E-state index in [1.54, 1.807) is 58.3 Å². The van der Waals surface area contributed by atoms with Gasteiger partial charge in [0.1, 0.15) is 0 Å². The number of nitrogens with two attached hydrogens (primary N) is 3. The fourth-order valence-corrected chi connectivity index (χ4v) is 7.93. The van der Waals surface area contributed by atoms with Crippen LogP contribution in [0.3, 0.4) is 0 Å². The molecule has 0 unspecified atom stereocenters. The van der Waals surface area contributed by atoms with E-state index in [9.17, 15) is 19.2 Å². The molecule has 2 aromatic carbocycles. The monoisotopic (exact) mass is 894 g/mol. The van der Waals surface area contributed by atoms with Gasteiger partial charge in [0.05, 0.1) is 26.4 Å². The largest absolute Gasteiger partial charge is 0.378 e. The topological polar surface area (TPSA) is 291 Å². The fraction of sp³-hybridized carbons (Fsp3) is 0.488. The van der Waals surface area contributed by atoms with E-state index in [1.165, 1.54) is 0 Å². The number of aromatic nitrogens is 6. The van der Waals surface area contributed by atoms with E-state index in [4.69, 9.17) is 26.7 Å². The maximum atomic E-state index is 12.7. The highest BCUT2D eigenvalue weighted by molar-refractivity contribution is 5.98. The summed E-state index contributed by atoms with van der Waals surface area (Å²) in [5, 5.41) is 26.0. The first kappa shape index (κ1) is 46.4. The number of amides is 4. The van der Waals surface area contributed by atoms with Crippen molar-refractivity contribution in [1.82, 2.24) is 45.5 Å². The first-order valence-electron chi connectivity index (χ1n) is 22.0. The molecule has 4 amide bonds. The highest BCUT2D eigenvalue weighted by Crippen LogP contribution is 2.25. The third-order valence-corrected chi connectivity index (χ3v) is 11.2. The zero-order valence-electron chi connectivity index (χ0n) is 36.8. The molecule has 22 nitrogen and oxygen atoms in total. The second kappa shape index (κ2) is 21.8. The van der Waals surface area contributed by atoms with Crippen LogP contribution in [0.25, 0.3) is 0 Å². The number of carbonyl (C=O) groups is 4. The molecule has 0 aliphatic carbocycles. The summed E-state index contributed by atoms with van der Waals surface area (Å²) in [5.41, 5.74) is 19.4. The van der Waals surface area contributed by atoms with Crippen LogP contribution in [0.5, 0.6) is 0 Å². The second-order valence-electron chi connectivity index (χ2n) is 16.5. The van der Waals surface area contributed by atoms with Crippen LogP contribution in [0, 0.1) is 0 Å². The van der Waals surface area contributed by atoms with E-state index >= 15 is 0 Å². The van der Waals surface area contributed by atoms with Crippen molar-refractivity contribution >= 4 is 58.5 Å². The Morgan fingerprint density at radius 1 is 0.615 bits per heavy atom. The zero-order chi connectivity index (χ0) is 45.9. The molecule has 6 heterocycles. The molecular weight excluding hydrogens is 837 g/mol. The summed E-state index contributed by atoms with van der Waals surface area (Å²) in [6, 6.07) is 14.7. The van der Waals surface area contributed by atoms with Gasteiger partial charge in [0.15, 0.2) is 23.0 Å². The maximum Gasteiger partial charge on any atom is 0.273 e. The number of piperidine rings is 2. The van der Waals surface area contributed by atoms with Crippen LogP contribution in [0.15, 0.2) is 48.5 Å². The van der Waals surface area contributed by atoms with Crippen LogP contribution in [-0.4, -0.2) is 161 Å². The van der Waals surface area contributed by atoms with Gasteiger partial charge in [-0.1, -0.05) is 13.8 Å². The Morgan fingerprint density at radius 2 is 1.05 bits per heavy atom. The number of rotatable bonds is 12. The van der Waals surface area contributed by atoms with Crippen molar-refractivity contribution in [3.05, 3.63) is 71.0 Å². The van der Waals surface area contributed by atoms with Gasteiger partial charge in [-0.25, -0.2) is 0 Å². The molecule has 0 spiro atoms. The van der Waals surface area contributed by atoms with Crippen LogP contribution in [0.2, 0.25) is 0 Å². The van der Waals surface area contributed by atoms with Crippen molar-refractivity contribution in [2.75, 3.05) is 99.2 Å².